The molecule has 0 heterocycles. The molecule has 0 aliphatic rings. The first-order valence-electron chi connectivity index (χ1n) is 8.64. The van der Waals surface area contributed by atoms with Crippen LogP contribution >= 0.6 is 12.2 Å². The summed E-state index contributed by atoms with van der Waals surface area (Å²) < 4.78 is 10.6. The van der Waals surface area contributed by atoms with Crippen LogP contribution in [-0.2, 0) is 4.79 Å². The number of amides is 1. The number of thiocarbonyl (C=S) groups is 1. The van der Waals surface area contributed by atoms with Gasteiger partial charge in [-0.25, -0.2) is 0 Å². The Morgan fingerprint density at radius 3 is 2.43 bits per heavy atom. The quantitative estimate of drug-likeness (QED) is 0.373. The van der Waals surface area contributed by atoms with Crippen molar-refractivity contribution in [2.75, 3.05) is 19.0 Å². The van der Waals surface area contributed by atoms with E-state index in [0.29, 0.717) is 29.3 Å². The molecule has 0 aromatic heterocycles. The number of carbonyl (C=O) groups is 2. The number of ether oxygens (including phenoxy) is 2. The molecule has 0 spiro atoms. The summed E-state index contributed by atoms with van der Waals surface area (Å²) in [5.74, 6) is 0.745. The lowest BCUT2D eigenvalue weighted by Gasteiger charge is -2.14. The maximum absolute atomic E-state index is 11.9. The Hall–Kier alpha value is -3.13. The van der Waals surface area contributed by atoms with Gasteiger partial charge in [0.25, 0.3) is 5.91 Å². The van der Waals surface area contributed by atoms with Crippen LogP contribution in [0, 0.1) is 0 Å². The number of methoxy groups -OCH3 is 1. The van der Waals surface area contributed by atoms with Gasteiger partial charge in [-0.1, -0.05) is 26.0 Å². The second-order valence-electron chi connectivity index (χ2n) is 6.22. The molecule has 0 atom stereocenters. The van der Waals surface area contributed by atoms with Gasteiger partial charge in [-0.3, -0.25) is 20.4 Å². The normalized spacial score (nSPS) is 10.1. The Labute approximate surface area is 169 Å². The van der Waals surface area contributed by atoms with Crippen LogP contribution in [0.4, 0.5) is 5.69 Å². The fraction of sp³-hybridized carbons (Fsp3) is 0.250. The van der Waals surface area contributed by atoms with Gasteiger partial charge in [-0.15, -0.1) is 0 Å². The molecule has 2 rings (SSSR count). The summed E-state index contributed by atoms with van der Waals surface area (Å²) in [6.45, 7) is 3.99. The first-order valence-corrected chi connectivity index (χ1v) is 9.05. The number of hydrogen-bond acceptors (Lipinski definition) is 5. The molecular formula is C20H23N3O4S. The maximum atomic E-state index is 11.9. The molecule has 0 saturated carbocycles. The maximum Gasteiger partial charge on any atom is 0.276 e. The Morgan fingerprint density at radius 2 is 1.82 bits per heavy atom. The van der Waals surface area contributed by atoms with Crippen molar-refractivity contribution in [1.82, 2.24) is 10.9 Å². The summed E-state index contributed by atoms with van der Waals surface area (Å²) in [6, 6.07) is 12.5. The van der Waals surface area contributed by atoms with Crippen molar-refractivity contribution in [3.8, 4) is 11.5 Å². The van der Waals surface area contributed by atoms with Crippen LogP contribution in [-0.4, -0.2) is 31.0 Å². The third kappa shape index (κ3) is 6.24. The fourth-order valence-corrected chi connectivity index (χ4v) is 2.47. The predicted octanol–water partition coefficient (Wildman–Crippen LogP) is 3.03. The van der Waals surface area contributed by atoms with E-state index in [0.717, 1.165) is 5.69 Å². The van der Waals surface area contributed by atoms with Crippen molar-refractivity contribution < 1.29 is 19.1 Å². The van der Waals surface area contributed by atoms with Crippen LogP contribution in [0.25, 0.3) is 0 Å². The average molecular weight is 401 g/mol. The lowest BCUT2D eigenvalue weighted by atomic mass is 10.0. The molecule has 0 aliphatic heterocycles. The molecule has 0 unspecified atom stereocenters. The van der Waals surface area contributed by atoms with Crippen molar-refractivity contribution in [2.45, 2.75) is 19.8 Å². The molecule has 0 aliphatic carbocycles. The van der Waals surface area contributed by atoms with Gasteiger partial charge in [-0.2, -0.15) is 0 Å². The van der Waals surface area contributed by atoms with E-state index >= 15 is 0 Å². The first kappa shape index (κ1) is 21.2. The summed E-state index contributed by atoms with van der Waals surface area (Å²) in [4.78, 5) is 22.7. The Morgan fingerprint density at radius 1 is 1.11 bits per heavy atom. The summed E-state index contributed by atoms with van der Waals surface area (Å²) in [6.07, 6.45) is 0.702. The van der Waals surface area contributed by atoms with Crippen LogP contribution in [0.15, 0.2) is 42.5 Å². The molecule has 3 N–H and O–H groups in total. The van der Waals surface area contributed by atoms with Crippen molar-refractivity contribution >= 4 is 35.2 Å². The number of anilines is 1. The highest BCUT2D eigenvalue weighted by Gasteiger charge is 2.09. The number of nitrogens with one attached hydrogen (secondary N) is 3. The van der Waals surface area contributed by atoms with Crippen LogP contribution in [0.3, 0.4) is 0 Å². The number of aldehydes is 1. The highest BCUT2D eigenvalue weighted by molar-refractivity contribution is 7.80. The summed E-state index contributed by atoms with van der Waals surface area (Å²) >= 11 is 5.15. The van der Waals surface area contributed by atoms with Crippen LogP contribution in [0.1, 0.15) is 35.7 Å². The number of hydrazine groups is 1. The van der Waals surface area contributed by atoms with Crippen LogP contribution < -0.4 is 25.6 Å². The Kier molecular flexibility index (Phi) is 7.76. The smallest absolute Gasteiger partial charge is 0.276 e. The number of rotatable bonds is 7. The molecule has 2 aromatic carbocycles. The lowest BCUT2D eigenvalue weighted by Crippen LogP contribution is -2.45. The van der Waals surface area contributed by atoms with Gasteiger partial charge in [0.1, 0.15) is 6.29 Å². The molecule has 0 fully saturated rings. The predicted molar refractivity (Wildman–Crippen MR) is 112 cm³/mol. The zero-order chi connectivity index (χ0) is 20.5. The highest BCUT2D eigenvalue weighted by Crippen LogP contribution is 2.27. The fourth-order valence-electron chi connectivity index (χ4n) is 2.30. The third-order valence-electron chi connectivity index (χ3n) is 3.83. The molecule has 28 heavy (non-hydrogen) atoms. The van der Waals surface area contributed by atoms with E-state index in [2.05, 4.69) is 30.0 Å². The number of carbonyl (C=O) groups excluding carboxylic acids is 2. The molecule has 7 nitrogen and oxygen atoms in total. The van der Waals surface area contributed by atoms with Crippen molar-refractivity contribution in [3.05, 3.63) is 53.6 Å². The molecule has 2 aromatic rings. The van der Waals surface area contributed by atoms with E-state index in [1.807, 2.05) is 24.3 Å². The lowest BCUT2D eigenvalue weighted by molar-refractivity contribution is -0.123. The number of benzene rings is 2. The standard InChI is InChI=1S/C20H23N3O4S/c1-13(2)15-5-7-16(8-6-15)21-20(28)23-22-19(25)12-27-17-9-4-14(11-24)10-18(17)26-3/h4-11,13H,12H2,1-3H3,(H,22,25)(H2,21,23,28). The SMILES string of the molecule is COc1cc(C=O)ccc1OCC(=O)NNC(=S)Nc1ccc(C(C)C)cc1. The minimum Gasteiger partial charge on any atom is -0.493 e. The molecule has 148 valence electrons. The molecule has 0 saturated heterocycles. The largest absolute Gasteiger partial charge is 0.493 e. The summed E-state index contributed by atoms with van der Waals surface area (Å²) in [7, 11) is 1.45. The summed E-state index contributed by atoms with van der Waals surface area (Å²) in [5.41, 5.74) is 7.56. The monoisotopic (exact) mass is 401 g/mol. The van der Waals surface area contributed by atoms with E-state index < -0.39 is 5.91 Å². The zero-order valence-corrected chi connectivity index (χ0v) is 16.8. The van der Waals surface area contributed by atoms with Crippen molar-refractivity contribution in [1.29, 1.82) is 0 Å². The van der Waals surface area contributed by atoms with Gasteiger partial charge >= 0.3 is 0 Å². The zero-order valence-electron chi connectivity index (χ0n) is 15.9. The van der Waals surface area contributed by atoms with Gasteiger partial charge in [0.2, 0.25) is 0 Å². The van der Waals surface area contributed by atoms with E-state index in [9.17, 15) is 9.59 Å². The van der Waals surface area contributed by atoms with Gasteiger partial charge in [0.05, 0.1) is 7.11 Å². The molecular weight excluding hydrogens is 378 g/mol. The van der Waals surface area contributed by atoms with Gasteiger partial charge in [0.15, 0.2) is 23.2 Å². The third-order valence-corrected chi connectivity index (χ3v) is 4.04. The minimum absolute atomic E-state index is 0.249. The summed E-state index contributed by atoms with van der Waals surface area (Å²) in [5, 5.41) is 3.23. The second-order valence-corrected chi connectivity index (χ2v) is 6.63. The minimum atomic E-state index is -0.430. The average Bonchev–Trinajstić information content (AvgIpc) is 2.70. The Balaban J connectivity index is 1.79. The van der Waals surface area contributed by atoms with E-state index in [1.54, 1.807) is 12.1 Å². The van der Waals surface area contributed by atoms with Crippen molar-refractivity contribution in [3.63, 3.8) is 0 Å². The number of hydrogen-bond donors (Lipinski definition) is 3. The first-order chi connectivity index (χ1) is 13.4. The van der Waals surface area contributed by atoms with Crippen molar-refractivity contribution in [2.24, 2.45) is 0 Å². The van der Waals surface area contributed by atoms with Crippen LogP contribution in [0.5, 0.6) is 11.5 Å². The van der Waals surface area contributed by atoms with Crippen LogP contribution in [0.2, 0.25) is 0 Å². The highest BCUT2D eigenvalue weighted by atomic mass is 32.1. The van der Waals surface area contributed by atoms with Gasteiger partial charge in [0, 0.05) is 11.3 Å². The van der Waals surface area contributed by atoms with Gasteiger partial charge in [-0.05, 0) is 54.0 Å². The molecule has 0 radical (unpaired) electrons. The molecule has 1 amide bonds. The van der Waals surface area contributed by atoms with E-state index in [4.69, 9.17) is 21.7 Å². The molecule has 8 heteroatoms. The van der Waals surface area contributed by atoms with E-state index in [-0.39, 0.29) is 11.7 Å². The topological polar surface area (TPSA) is 88.7 Å². The molecule has 0 bridgehead atoms. The van der Waals surface area contributed by atoms with E-state index in [1.165, 1.54) is 18.7 Å². The Bertz CT molecular complexity index is 838. The van der Waals surface area contributed by atoms with Gasteiger partial charge < -0.3 is 14.8 Å². The second kappa shape index (κ2) is 10.3.